The average Bonchev–Trinajstić information content (AvgIpc) is 2.04. The van der Waals surface area contributed by atoms with Gasteiger partial charge in [-0.25, -0.2) is 0 Å². The number of primary amides is 1. The topological polar surface area (TPSA) is 69.1 Å². The van der Waals surface area contributed by atoms with Gasteiger partial charge in [0.1, 0.15) is 0 Å². The first-order valence-corrected chi connectivity index (χ1v) is 4.32. The Kier molecular flexibility index (Phi) is 2.83. The van der Waals surface area contributed by atoms with Crippen molar-refractivity contribution in [2.75, 3.05) is 0 Å². The summed E-state index contributed by atoms with van der Waals surface area (Å²) < 4.78 is 0. The Morgan fingerprint density at radius 3 is 2.17 bits per heavy atom. The van der Waals surface area contributed by atoms with E-state index in [-0.39, 0.29) is 4.95 Å². The van der Waals surface area contributed by atoms with Crippen molar-refractivity contribution < 1.29 is 4.79 Å². The summed E-state index contributed by atoms with van der Waals surface area (Å²) in [6.45, 7) is 0. The number of carbonyl (C=O) groups excluding carboxylic acids is 1. The summed E-state index contributed by atoms with van der Waals surface area (Å²) in [6.07, 6.45) is 0. The first-order valence-electron chi connectivity index (χ1n) is 3.40. The number of carbonyl (C=O) groups is 1. The van der Waals surface area contributed by atoms with Crippen molar-refractivity contribution in [3.63, 3.8) is 0 Å². The van der Waals surface area contributed by atoms with Crippen LogP contribution in [0.15, 0.2) is 24.3 Å². The van der Waals surface area contributed by atoms with Crippen LogP contribution in [0.2, 0.25) is 0 Å². The summed E-state index contributed by atoms with van der Waals surface area (Å²) in [5.41, 5.74) is 12.0. The molecule has 0 spiro atoms. The van der Waals surface area contributed by atoms with E-state index in [1.54, 1.807) is 24.3 Å². The van der Waals surface area contributed by atoms with Crippen LogP contribution in [0.4, 0.5) is 0 Å². The van der Waals surface area contributed by atoms with Crippen LogP contribution in [-0.4, -0.2) is 5.91 Å². The quantitative estimate of drug-likeness (QED) is 0.589. The maximum Gasteiger partial charge on any atom is 0.248 e. The lowest BCUT2D eigenvalue weighted by Gasteiger charge is -2.03. The van der Waals surface area contributed by atoms with Gasteiger partial charge in [0.25, 0.3) is 0 Å². The minimum Gasteiger partial charge on any atom is -0.366 e. The third-order valence-corrected chi connectivity index (χ3v) is 2.04. The molecule has 1 aromatic carbocycles. The molecule has 0 fully saturated rings. The summed E-state index contributed by atoms with van der Waals surface area (Å²) >= 11 is 3.21. The molecule has 1 amide bonds. The SMILES string of the molecule is NC(=O)c1ccc(C(N)Br)cc1. The monoisotopic (exact) mass is 228 g/mol. The van der Waals surface area contributed by atoms with Crippen LogP contribution < -0.4 is 11.5 Å². The highest BCUT2D eigenvalue weighted by Gasteiger charge is 2.02. The van der Waals surface area contributed by atoms with Crippen molar-refractivity contribution in [1.82, 2.24) is 0 Å². The van der Waals surface area contributed by atoms with Gasteiger partial charge in [0.2, 0.25) is 5.91 Å². The van der Waals surface area contributed by atoms with Gasteiger partial charge in [0.15, 0.2) is 0 Å². The molecule has 0 saturated heterocycles. The molecule has 1 aromatic rings. The summed E-state index contributed by atoms with van der Waals surface area (Å²) in [6, 6.07) is 6.83. The second-order valence-electron chi connectivity index (χ2n) is 2.39. The van der Waals surface area contributed by atoms with Crippen LogP contribution in [-0.2, 0) is 0 Å². The zero-order chi connectivity index (χ0) is 9.14. The summed E-state index contributed by atoms with van der Waals surface area (Å²) in [4.78, 5) is 10.5. The van der Waals surface area contributed by atoms with Crippen molar-refractivity contribution in [3.8, 4) is 0 Å². The molecular formula is C8H9BrN2O. The predicted octanol–water partition coefficient (Wildman–Crippen LogP) is 1.14. The predicted molar refractivity (Wildman–Crippen MR) is 50.8 cm³/mol. The molecule has 0 heterocycles. The lowest BCUT2D eigenvalue weighted by molar-refractivity contribution is 0.100. The molecular weight excluding hydrogens is 220 g/mol. The molecule has 0 bridgehead atoms. The molecule has 12 heavy (non-hydrogen) atoms. The van der Waals surface area contributed by atoms with Crippen molar-refractivity contribution in [2.45, 2.75) is 4.95 Å². The molecule has 0 aromatic heterocycles. The van der Waals surface area contributed by atoms with E-state index in [1.807, 2.05) is 0 Å². The highest BCUT2D eigenvalue weighted by atomic mass is 79.9. The van der Waals surface area contributed by atoms with Gasteiger partial charge in [0.05, 0.1) is 4.95 Å². The maximum absolute atomic E-state index is 10.7. The Hall–Kier alpha value is -0.870. The number of benzene rings is 1. The van der Waals surface area contributed by atoms with Crippen molar-refractivity contribution in [2.24, 2.45) is 11.5 Å². The smallest absolute Gasteiger partial charge is 0.248 e. The standard InChI is InChI=1S/C8H9BrN2O/c9-7(10)5-1-3-6(4-2-5)8(11)12/h1-4,7H,10H2,(H2,11,12). The number of rotatable bonds is 2. The van der Waals surface area contributed by atoms with Crippen molar-refractivity contribution in [1.29, 1.82) is 0 Å². The number of alkyl halides is 1. The lowest BCUT2D eigenvalue weighted by Crippen LogP contribution is -2.11. The number of amides is 1. The molecule has 4 N–H and O–H groups in total. The summed E-state index contributed by atoms with van der Waals surface area (Å²) in [5, 5.41) is 0. The molecule has 0 saturated carbocycles. The molecule has 1 atom stereocenters. The highest BCUT2D eigenvalue weighted by molar-refractivity contribution is 9.09. The zero-order valence-electron chi connectivity index (χ0n) is 6.33. The number of nitrogens with two attached hydrogens (primary N) is 2. The second kappa shape index (κ2) is 3.69. The normalized spacial score (nSPS) is 12.5. The van der Waals surface area contributed by atoms with Crippen LogP contribution in [0.25, 0.3) is 0 Å². The molecule has 0 aliphatic carbocycles. The maximum atomic E-state index is 10.7. The van der Waals surface area contributed by atoms with Gasteiger partial charge in [-0.15, -0.1) is 0 Å². The minimum atomic E-state index is -0.426. The van der Waals surface area contributed by atoms with Gasteiger partial charge in [-0.3, -0.25) is 4.79 Å². The number of halogens is 1. The number of hydrogen-bond donors (Lipinski definition) is 2. The van der Waals surface area contributed by atoms with E-state index in [0.29, 0.717) is 5.56 Å². The molecule has 1 unspecified atom stereocenters. The van der Waals surface area contributed by atoms with Gasteiger partial charge in [-0.1, -0.05) is 28.1 Å². The molecule has 0 aliphatic rings. The van der Waals surface area contributed by atoms with Crippen LogP contribution in [0, 0.1) is 0 Å². The molecule has 1 rings (SSSR count). The van der Waals surface area contributed by atoms with Crippen LogP contribution >= 0.6 is 15.9 Å². The van der Waals surface area contributed by atoms with E-state index in [2.05, 4.69) is 15.9 Å². The van der Waals surface area contributed by atoms with Gasteiger partial charge >= 0.3 is 0 Å². The van der Waals surface area contributed by atoms with Crippen LogP contribution in [0.1, 0.15) is 20.9 Å². The Balaban J connectivity index is 2.93. The Labute approximate surface area is 78.9 Å². The second-order valence-corrected chi connectivity index (χ2v) is 3.37. The van der Waals surface area contributed by atoms with E-state index in [4.69, 9.17) is 11.5 Å². The van der Waals surface area contributed by atoms with E-state index in [9.17, 15) is 4.79 Å². The van der Waals surface area contributed by atoms with Gasteiger partial charge in [-0.2, -0.15) is 0 Å². The fraction of sp³-hybridized carbons (Fsp3) is 0.125. The summed E-state index contributed by atoms with van der Waals surface area (Å²) in [5.74, 6) is -0.426. The van der Waals surface area contributed by atoms with Crippen molar-refractivity contribution >= 4 is 21.8 Å². The largest absolute Gasteiger partial charge is 0.366 e. The first-order chi connectivity index (χ1) is 5.61. The van der Waals surface area contributed by atoms with Crippen molar-refractivity contribution in [3.05, 3.63) is 35.4 Å². The average molecular weight is 229 g/mol. The van der Waals surface area contributed by atoms with E-state index in [1.165, 1.54) is 0 Å². The van der Waals surface area contributed by atoms with Crippen LogP contribution in [0.3, 0.4) is 0 Å². The fourth-order valence-electron chi connectivity index (χ4n) is 0.831. The van der Waals surface area contributed by atoms with Gasteiger partial charge < -0.3 is 11.5 Å². The van der Waals surface area contributed by atoms with Gasteiger partial charge in [0, 0.05) is 5.56 Å². The van der Waals surface area contributed by atoms with Crippen LogP contribution in [0.5, 0.6) is 0 Å². The third kappa shape index (κ3) is 2.06. The molecule has 3 nitrogen and oxygen atoms in total. The third-order valence-electron chi connectivity index (χ3n) is 1.51. The molecule has 4 heteroatoms. The first kappa shape index (κ1) is 9.22. The molecule has 64 valence electrons. The fourth-order valence-corrected chi connectivity index (χ4v) is 1.14. The molecule has 0 radical (unpaired) electrons. The van der Waals surface area contributed by atoms with E-state index >= 15 is 0 Å². The lowest BCUT2D eigenvalue weighted by atomic mass is 10.1. The van der Waals surface area contributed by atoms with E-state index in [0.717, 1.165) is 5.56 Å². The minimum absolute atomic E-state index is 0.195. The molecule has 0 aliphatic heterocycles. The van der Waals surface area contributed by atoms with Gasteiger partial charge in [-0.05, 0) is 17.7 Å². The summed E-state index contributed by atoms with van der Waals surface area (Å²) in [7, 11) is 0. The van der Waals surface area contributed by atoms with E-state index < -0.39 is 5.91 Å². The zero-order valence-corrected chi connectivity index (χ0v) is 7.91. The Morgan fingerprint density at radius 1 is 1.33 bits per heavy atom. The Bertz CT molecular complexity index is 282. The highest BCUT2D eigenvalue weighted by Crippen LogP contribution is 2.16. The Morgan fingerprint density at radius 2 is 1.83 bits per heavy atom. The number of hydrogen-bond acceptors (Lipinski definition) is 2.